The molecule has 0 unspecified atom stereocenters. The number of halogens is 2. The number of methoxy groups -OCH3 is 1. The van der Waals surface area contributed by atoms with Gasteiger partial charge in [0.05, 0.1) is 12.3 Å². The van der Waals surface area contributed by atoms with E-state index in [0.717, 1.165) is 58.0 Å². The van der Waals surface area contributed by atoms with Crippen molar-refractivity contribution in [1.29, 1.82) is 0 Å². The molecule has 2 heterocycles. The van der Waals surface area contributed by atoms with Gasteiger partial charge in [0.2, 0.25) is 11.9 Å². The van der Waals surface area contributed by atoms with Crippen molar-refractivity contribution in [3.63, 3.8) is 0 Å². The van der Waals surface area contributed by atoms with E-state index >= 15 is 0 Å². The van der Waals surface area contributed by atoms with E-state index in [1.54, 1.807) is 13.3 Å². The molecule has 35 heavy (non-hydrogen) atoms. The Balaban J connectivity index is 1.48. The van der Waals surface area contributed by atoms with Gasteiger partial charge in [0.25, 0.3) is 0 Å². The molecule has 3 aromatic rings. The molecule has 2 aliphatic rings. The average molecular weight is 487 g/mol. The van der Waals surface area contributed by atoms with E-state index in [4.69, 9.17) is 9.72 Å². The Labute approximate surface area is 203 Å². The number of fused-ring (bicyclic) bond motifs is 1. The minimum atomic E-state index is -0.680. The fourth-order valence-electron chi connectivity index (χ4n) is 5.33. The van der Waals surface area contributed by atoms with Gasteiger partial charge >= 0.3 is 0 Å². The summed E-state index contributed by atoms with van der Waals surface area (Å²) in [5.41, 5.74) is 0.963. The van der Waals surface area contributed by atoms with Gasteiger partial charge in [0.1, 0.15) is 22.8 Å². The topological polar surface area (TPSA) is 97.1 Å². The van der Waals surface area contributed by atoms with Gasteiger partial charge < -0.3 is 20.5 Å². The van der Waals surface area contributed by atoms with Crippen LogP contribution in [0.15, 0.2) is 24.4 Å². The summed E-state index contributed by atoms with van der Waals surface area (Å²) in [4.78, 5) is 13.9. The maximum atomic E-state index is 14.4. The minimum Gasteiger partial charge on any atom is -0.393 e. The van der Waals surface area contributed by atoms with E-state index in [9.17, 15) is 13.9 Å². The van der Waals surface area contributed by atoms with Crippen molar-refractivity contribution >= 4 is 28.7 Å². The number of nitrogens with one attached hydrogen (secondary N) is 2. The first-order chi connectivity index (χ1) is 17.0. The van der Waals surface area contributed by atoms with Crippen LogP contribution in [-0.4, -0.2) is 50.5 Å². The lowest BCUT2D eigenvalue weighted by atomic mass is 9.86. The van der Waals surface area contributed by atoms with Crippen molar-refractivity contribution < 1.29 is 18.6 Å². The van der Waals surface area contributed by atoms with Gasteiger partial charge in [-0.15, -0.1) is 0 Å². The molecule has 10 heteroatoms. The largest absolute Gasteiger partial charge is 0.393 e. The van der Waals surface area contributed by atoms with Crippen molar-refractivity contribution in [2.24, 2.45) is 5.92 Å². The average Bonchev–Trinajstić information content (AvgIpc) is 3.21. The molecule has 8 nitrogen and oxygen atoms in total. The summed E-state index contributed by atoms with van der Waals surface area (Å²) >= 11 is 0. The van der Waals surface area contributed by atoms with Crippen LogP contribution in [0.1, 0.15) is 57.4 Å². The maximum absolute atomic E-state index is 14.4. The summed E-state index contributed by atoms with van der Waals surface area (Å²) in [7, 11) is 1.72. The molecule has 0 aliphatic heterocycles. The summed E-state index contributed by atoms with van der Waals surface area (Å²) in [6.07, 6.45) is 8.39. The van der Waals surface area contributed by atoms with Crippen LogP contribution in [0.5, 0.6) is 0 Å². The number of benzene rings is 1. The highest BCUT2D eigenvalue weighted by molar-refractivity contribution is 5.76. The third kappa shape index (κ3) is 5.23. The number of ether oxygens (including phenoxy) is 1. The second kappa shape index (κ2) is 10.4. The highest BCUT2D eigenvalue weighted by Crippen LogP contribution is 2.37. The summed E-state index contributed by atoms with van der Waals surface area (Å²) < 4.78 is 36.2. The Morgan fingerprint density at radius 2 is 1.74 bits per heavy atom. The van der Waals surface area contributed by atoms with Gasteiger partial charge in [0.15, 0.2) is 5.65 Å². The van der Waals surface area contributed by atoms with E-state index < -0.39 is 11.6 Å². The summed E-state index contributed by atoms with van der Waals surface area (Å²) in [6.45, 7) is 0.731. The molecule has 0 saturated heterocycles. The fourth-order valence-corrected chi connectivity index (χ4v) is 5.33. The van der Waals surface area contributed by atoms with Crippen LogP contribution >= 0.6 is 0 Å². The molecule has 0 atom stereocenters. The van der Waals surface area contributed by atoms with E-state index in [2.05, 4.69) is 20.6 Å². The molecule has 188 valence electrons. The molecule has 2 aliphatic carbocycles. The number of anilines is 3. The van der Waals surface area contributed by atoms with Crippen LogP contribution in [0.3, 0.4) is 0 Å². The second-order valence-corrected chi connectivity index (χ2v) is 9.71. The summed E-state index contributed by atoms with van der Waals surface area (Å²) in [5, 5.41) is 16.1. The molecule has 1 aromatic carbocycles. The van der Waals surface area contributed by atoms with Crippen molar-refractivity contribution in [3.8, 4) is 0 Å². The number of nitrogens with zero attached hydrogens (tertiary/aromatic N) is 4. The van der Waals surface area contributed by atoms with Crippen molar-refractivity contribution in [2.45, 2.75) is 69.6 Å². The predicted octanol–water partition coefficient (Wildman–Crippen LogP) is 4.94. The van der Waals surface area contributed by atoms with Crippen LogP contribution in [0, 0.1) is 17.6 Å². The molecular formula is C25H32F2N6O2. The zero-order valence-electron chi connectivity index (χ0n) is 19.9. The maximum Gasteiger partial charge on any atom is 0.224 e. The SMILES string of the molecule is COC[C@H]1CC[C@@H](n2c(Nc3c(F)cccc3F)nc3cnc(N[C@H]4CC[C@H](O)CC4)nc32)CC1. The first-order valence-electron chi connectivity index (χ1n) is 12.4. The number of aromatic nitrogens is 4. The van der Waals surface area contributed by atoms with Gasteiger partial charge in [-0.3, -0.25) is 4.57 Å². The number of aliphatic hydroxyl groups is 1. The second-order valence-electron chi connectivity index (χ2n) is 9.71. The molecule has 5 rings (SSSR count). The Kier molecular flexibility index (Phi) is 7.10. The van der Waals surface area contributed by atoms with Crippen molar-refractivity contribution in [2.75, 3.05) is 24.4 Å². The van der Waals surface area contributed by atoms with Crippen molar-refractivity contribution in [3.05, 3.63) is 36.0 Å². The van der Waals surface area contributed by atoms with E-state index in [1.165, 1.54) is 18.2 Å². The van der Waals surface area contributed by atoms with E-state index in [-0.39, 0.29) is 23.9 Å². The number of hydrogen-bond donors (Lipinski definition) is 3. The van der Waals surface area contributed by atoms with Gasteiger partial charge in [-0.1, -0.05) is 6.07 Å². The van der Waals surface area contributed by atoms with Gasteiger partial charge in [-0.05, 0) is 69.4 Å². The van der Waals surface area contributed by atoms with Crippen LogP contribution in [0.25, 0.3) is 11.2 Å². The number of hydrogen-bond acceptors (Lipinski definition) is 7. The zero-order valence-corrected chi connectivity index (χ0v) is 19.9. The highest BCUT2D eigenvalue weighted by atomic mass is 19.1. The van der Waals surface area contributed by atoms with Crippen LogP contribution in [0.2, 0.25) is 0 Å². The Bertz CT molecular complexity index is 1140. The standard InChI is InChI=1S/C25H32F2N6O2/c1-35-14-15-5-9-17(10-6-15)33-23-21(30-25(33)31-22-19(26)3-2-4-20(22)27)13-28-24(32-23)29-16-7-11-18(34)12-8-16/h2-4,13,15-18,34H,5-12,14H2,1H3,(H,30,31)(H,28,29,32)/t15-,16-,17+,18-. The Morgan fingerprint density at radius 3 is 2.43 bits per heavy atom. The normalized spacial score (nSPS) is 25.0. The van der Waals surface area contributed by atoms with Crippen LogP contribution in [-0.2, 0) is 4.74 Å². The molecule has 0 spiro atoms. The third-order valence-corrected chi connectivity index (χ3v) is 7.25. The molecule has 2 aromatic heterocycles. The Morgan fingerprint density at radius 1 is 1.03 bits per heavy atom. The summed E-state index contributed by atoms with van der Waals surface area (Å²) in [5.74, 6) is -0.0104. The third-order valence-electron chi connectivity index (χ3n) is 7.25. The molecule has 0 amide bonds. The quantitative estimate of drug-likeness (QED) is 0.435. The predicted molar refractivity (Wildman–Crippen MR) is 130 cm³/mol. The molecular weight excluding hydrogens is 454 g/mol. The highest BCUT2D eigenvalue weighted by Gasteiger charge is 2.28. The zero-order chi connectivity index (χ0) is 24.4. The van der Waals surface area contributed by atoms with Crippen LogP contribution in [0.4, 0.5) is 26.4 Å². The number of rotatable bonds is 7. The molecule has 0 bridgehead atoms. The van der Waals surface area contributed by atoms with E-state index in [0.29, 0.717) is 29.0 Å². The van der Waals surface area contributed by atoms with Crippen molar-refractivity contribution in [1.82, 2.24) is 19.5 Å². The fraction of sp³-hybridized carbons (Fsp3) is 0.560. The lowest BCUT2D eigenvalue weighted by Gasteiger charge is -2.30. The lowest BCUT2D eigenvalue weighted by molar-refractivity contribution is 0.121. The van der Waals surface area contributed by atoms with Gasteiger partial charge in [-0.2, -0.15) is 4.98 Å². The van der Waals surface area contributed by atoms with Crippen LogP contribution < -0.4 is 10.6 Å². The smallest absolute Gasteiger partial charge is 0.224 e. The monoisotopic (exact) mass is 486 g/mol. The van der Waals surface area contributed by atoms with Gasteiger partial charge in [-0.25, -0.2) is 18.7 Å². The van der Waals surface area contributed by atoms with Gasteiger partial charge in [0, 0.05) is 25.8 Å². The first kappa shape index (κ1) is 23.9. The molecule has 0 radical (unpaired) electrons. The lowest BCUT2D eigenvalue weighted by Crippen LogP contribution is -2.29. The number of aliphatic hydroxyl groups excluding tert-OH is 1. The number of imidazole rings is 1. The minimum absolute atomic E-state index is 0.0815. The Hall–Kier alpha value is -2.85. The molecule has 2 saturated carbocycles. The first-order valence-corrected chi connectivity index (χ1v) is 12.4. The molecule has 3 N–H and O–H groups in total. The number of para-hydroxylation sites is 1. The molecule has 2 fully saturated rings. The summed E-state index contributed by atoms with van der Waals surface area (Å²) in [6, 6.07) is 4.05. The van der Waals surface area contributed by atoms with E-state index in [1.807, 2.05) is 4.57 Å².